The number of anilines is 2. The van der Waals surface area contributed by atoms with Crippen molar-refractivity contribution in [1.29, 1.82) is 0 Å². The summed E-state index contributed by atoms with van der Waals surface area (Å²) in [6, 6.07) is 57.0. The quantitative estimate of drug-likeness (QED) is 0.216. The lowest BCUT2D eigenvalue weighted by Gasteiger charge is -2.39. The van der Waals surface area contributed by atoms with Gasteiger partial charge in [-0.15, -0.1) is 11.3 Å². The number of rotatable bonds is 3. The van der Waals surface area contributed by atoms with E-state index in [-0.39, 0.29) is 0 Å². The van der Waals surface area contributed by atoms with E-state index in [1.54, 1.807) is 0 Å². The molecule has 0 atom stereocenters. The van der Waals surface area contributed by atoms with Crippen molar-refractivity contribution in [3.8, 4) is 33.8 Å². The zero-order valence-electron chi connectivity index (χ0n) is 24.8. The Morgan fingerprint density at radius 3 is 1.93 bits per heavy atom. The van der Waals surface area contributed by atoms with E-state index < -0.39 is 5.41 Å². The van der Waals surface area contributed by atoms with Crippen LogP contribution in [-0.2, 0) is 5.41 Å². The van der Waals surface area contributed by atoms with Crippen LogP contribution in [0.25, 0.3) is 42.4 Å². The highest BCUT2D eigenvalue weighted by Gasteiger charge is 2.50. The SMILES string of the molecule is c1cc(Nc2ccc3c(c2)C2(c4ccccc4O3)c3ccccc3-c3ccccc32)cc(-c2ccc3c(c2)sc2ccccc23)c1. The molecule has 46 heavy (non-hydrogen) atoms. The Morgan fingerprint density at radius 1 is 0.435 bits per heavy atom. The Kier molecular flexibility index (Phi) is 5.40. The van der Waals surface area contributed by atoms with E-state index in [1.165, 1.54) is 59.1 Å². The predicted molar refractivity (Wildman–Crippen MR) is 192 cm³/mol. The number of benzene rings is 7. The molecule has 8 aromatic rings. The molecule has 1 aliphatic heterocycles. The van der Waals surface area contributed by atoms with Gasteiger partial charge in [-0.25, -0.2) is 0 Å². The summed E-state index contributed by atoms with van der Waals surface area (Å²) in [6.07, 6.45) is 0. The summed E-state index contributed by atoms with van der Waals surface area (Å²) in [7, 11) is 0. The molecule has 0 saturated carbocycles. The molecule has 10 rings (SSSR count). The number of hydrogen-bond donors (Lipinski definition) is 1. The van der Waals surface area contributed by atoms with Crippen molar-refractivity contribution in [2.45, 2.75) is 5.41 Å². The molecular weight excluding hydrogens is 579 g/mol. The molecule has 0 bridgehead atoms. The molecule has 2 aliphatic rings. The van der Waals surface area contributed by atoms with Crippen molar-refractivity contribution in [2.24, 2.45) is 0 Å². The molecule has 1 N–H and O–H groups in total. The maximum atomic E-state index is 6.61. The molecular formula is C43H27NOS. The summed E-state index contributed by atoms with van der Waals surface area (Å²) in [5.41, 5.74) is 11.5. The molecule has 0 radical (unpaired) electrons. The van der Waals surface area contributed by atoms with Crippen LogP contribution in [0.2, 0.25) is 0 Å². The van der Waals surface area contributed by atoms with Crippen LogP contribution in [0.1, 0.15) is 22.3 Å². The molecule has 2 heterocycles. The topological polar surface area (TPSA) is 21.3 Å². The molecule has 0 amide bonds. The Morgan fingerprint density at radius 2 is 1.09 bits per heavy atom. The molecule has 0 saturated heterocycles. The maximum Gasteiger partial charge on any atom is 0.132 e. The van der Waals surface area contributed by atoms with Crippen molar-refractivity contribution in [3.05, 3.63) is 180 Å². The molecule has 2 nitrogen and oxygen atoms in total. The van der Waals surface area contributed by atoms with Crippen molar-refractivity contribution in [1.82, 2.24) is 0 Å². The summed E-state index contributed by atoms with van der Waals surface area (Å²) in [4.78, 5) is 0. The van der Waals surface area contributed by atoms with Crippen LogP contribution in [0.4, 0.5) is 11.4 Å². The number of ether oxygens (including phenoxy) is 1. The fourth-order valence-corrected chi connectivity index (χ4v) is 8.93. The highest BCUT2D eigenvalue weighted by atomic mass is 32.1. The van der Waals surface area contributed by atoms with Gasteiger partial charge in [0, 0.05) is 42.7 Å². The molecule has 0 fully saturated rings. The van der Waals surface area contributed by atoms with Crippen LogP contribution in [-0.4, -0.2) is 0 Å². The number of fused-ring (bicyclic) bond motifs is 12. The zero-order valence-corrected chi connectivity index (χ0v) is 25.6. The molecule has 216 valence electrons. The molecule has 7 aromatic carbocycles. The average molecular weight is 606 g/mol. The van der Waals surface area contributed by atoms with Crippen LogP contribution < -0.4 is 10.1 Å². The van der Waals surface area contributed by atoms with Gasteiger partial charge < -0.3 is 10.1 Å². The standard InChI is InChI=1S/C43H27NOS/c1-4-15-35-31(12-1)32-13-2-5-16-36(32)43(35)37-17-6-7-18-39(37)45-40-23-21-30(26-38(40)43)44-29-11-9-10-27(24-29)28-20-22-34-33-14-3-8-19-41(33)46-42(34)25-28/h1-26,44H. The summed E-state index contributed by atoms with van der Waals surface area (Å²) >= 11 is 1.86. The normalized spacial score (nSPS) is 13.6. The Hall–Kier alpha value is -5.64. The fourth-order valence-electron chi connectivity index (χ4n) is 7.78. The second kappa shape index (κ2) is 9.68. The van der Waals surface area contributed by atoms with Gasteiger partial charge in [0.25, 0.3) is 0 Å². The summed E-state index contributed by atoms with van der Waals surface area (Å²) in [5.74, 6) is 1.80. The third-order valence-electron chi connectivity index (χ3n) is 9.71. The van der Waals surface area contributed by atoms with E-state index in [0.29, 0.717) is 0 Å². The highest BCUT2D eigenvalue weighted by molar-refractivity contribution is 7.25. The van der Waals surface area contributed by atoms with E-state index in [2.05, 4.69) is 163 Å². The van der Waals surface area contributed by atoms with Crippen molar-refractivity contribution < 1.29 is 4.74 Å². The Balaban J connectivity index is 1.09. The van der Waals surface area contributed by atoms with Crippen molar-refractivity contribution in [2.75, 3.05) is 5.32 Å². The third-order valence-corrected chi connectivity index (χ3v) is 10.8. The lowest BCUT2D eigenvalue weighted by Crippen LogP contribution is -2.32. The minimum absolute atomic E-state index is 0.476. The van der Waals surface area contributed by atoms with Gasteiger partial charge >= 0.3 is 0 Å². The summed E-state index contributed by atoms with van der Waals surface area (Å²) < 4.78 is 9.25. The third kappa shape index (κ3) is 3.58. The monoisotopic (exact) mass is 605 g/mol. The van der Waals surface area contributed by atoms with Crippen molar-refractivity contribution in [3.63, 3.8) is 0 Å². The lowest BCUT2D eigenvalue weighted by molar-refractivity contribution is 0.436. The highest BCUT2D eigenvalue weighted by Crippen LogP contribution is 2.62. The minimum atomic E-state index is -0.476. The second-order valence-electron chi connectivity index (χ2n) is 12.2. The molecule has 1 spiro atoms. The predicted octanol–water partition coefficient (Wildman–Crippen LogP) is 11.9. The number of thiophene rings is 1. The van der Waals surface area contributed by atoms with E-state index in [4.69, 9.17) is 4.74 Å². The van der Waals surface area contributed by atoms with Gasteiger partial charge in [-0.1, -0.05) is 109 Å². The smallest absolute Gasteiger partial charge is 0.132 e. The first-order valence-corrected chi connectivity index (χ1v) is 16.5. The molecule has 3 heteroatoms. The first kappa shape index (κ1) is 25.7. The second-order valence-corrected chi connectivity index (χ2v) is 13.2. The molecule has 1 aliphatic carbocycles. The number of nitrogens with one attached hydrogen (secondary N) is 1. The maximum absolute atomic E-state index is 6.61. The number of para-hydroxylation sites is 1. The van der Waals surface area contributed by atoms with E-state index in [9.17, 15) is 0 Å². The largest absolute Gasteiger partial charge is 0.457 e. The molecule has 1 aromatic heterocycles. The Labute approximate surface area is 271 Å². The van der Waals surface area contributed by atoms with Gasteiger partial charge in [0.15, 0.2) is 0 Å². The van der Waals surface area contributed by atoms with Crippen LogP contribution in [0.5, 0.6) is 11.5 Å². The average Bonchev–Trinajstić information content (AvgIpc) is 3.63. The van der Waals surface area contributed by atoms with Crippen LogP contribution in [0, 0.1) is 0 Å². The van der Waals surface area contributed by atoms with Crippen molar-refractivity contribution >= 4 is 42.9 Å². The Bertz CT molecular complexity index is 2460. The van der Waals surface area contributed by atoms with E-state index in [0.717, 1.165) is 28.4 Å². The van der Waals surface area contributed by atoms with E-state index >= 15 is 0 Å². The summed E-state index contributed by atoms with van der Waals surface area (Å²) in [5, 5.41) is 6.40. The lowest BCUT2D eigenvalue weighted by atomic mass is 9.66. The van der Waals surface area contributed by atoms with Gasteiger partial charge in [0.2, 0.25) is 0 Å². The van der Waals surface area contributed by atoms with Gasteiger partial charge in [0.05, 0.1) is 5.41 Å². The summed E-state index contributed by atoms with van der Waals surface area (Å²) in [6.45, 7) is 0. The van der Waals surface area contributed by atoms with Crippen LogP contribution in [0.15, 0.2) is 158 Å². The van der Waals surface area contributed by atoms with E-state index in [1.807, 2.05) is 11.3 Å². The van der Waals surface area contributed by atoms with Gasteiger partial charge in [-0.3, -0.25) is 0 Å². The fraction of sp³-hybridized carbons (Fsp3) is 0.0233. The van der Waals surface area contributed by atoms with Crippen LogP contribution in [0.3, 0.4) is 0 Å². The first-order chi connectivity index (χ1) is 22.8. The zero-order chi connectivity index (χ0) is 30.2. The minimum Gasteiger partial charge on any atom is -0.457 e. The number of hydrogen-bond acceptors (Lipinski definition) is 3. The van der Waals surface area contributed by atoms with Crippen LogP contribution >= 0.6 is 11.3 Å². The van der Waals surface area contributed by atoms with Gasteiger partial charge in [0.1, 0.15) is 11.5 Å². The first-order valence-electron chi connectivity index (χ1n) is 15.7. The molecule has 0 unspecified atom stereocenters. The van der Waals surface area contributed by atoms with Gasteiger partial charge in [-0.2, -0.15) is 0 Å². The van der Waals surface area contributed by atoms with Gasteiger partial charge in [-0.05, 0) is 81.9 Å².